The minimum absolute atomic E-state index is 0. The number of ether oxygens (including phenoxy) is 3. The average molecular weight is 714 g/mol. The second-order valence-corrected chi connectivity index (χ2v) is 11.3. The van der Waals surface area contributed by atoms with E-state index in [0.717, 1.165) is 60.7 Å². The highest BCUT2D eigenvalue weighted by molar-refractivity contribution is 5.90. The van der Waals surface area contributed by atoms with Gasteiger partial charge in [0.25, 0.3) is 0 Å². The molecule has 7 heteroatoms. The Balaban J connectivity index is 0.000000360. The molecule has 4 aromatic carbocycles. The molecule has 1 heterocycles. The number of hydrogen-bond acceptors (Lipinski definition) is 7. The van der Waals surface area contributed by atoms with Crippen LogP contribution in [-0.4, -0.2) is 61.5 Å². The van der Waals surface area contributed by atoms with Crippen LogP contribution < -0.4 is 0 Å². The van der Waals surface area contributed by atoms with E-state index in [2.05, 4.69) is 52.8 Å². The maximum absolute atomic E-state index is 11.6. The van der Waals surface area contributed by atoms with Crippen molar-refractivity contribution in [3.05, 3.63) is 154 Å². The molecule has 7 nitrogen and oxygen atoms in total. The molecule has 0 bridgehead atoms. The maximum Gasteiger partial charge on any atom is 0.338 e. The Kier molecular flexibility index (Phi) is 20.1. The van der Waals surface area contributed by atoms with Crippen molar-refractivity contribution in [2.75, 3.05) is 39.5 Å². The smallest absolute Gasteiger partial charge is 0.338 e. The topological polar surface area (TPSA) is 85.3 Å². The number of morpholine rings is 1. The zero-order chi connectivity index (χ0) is 36.1. The molecule has 276 valence electrons. The zero-order valence-electron chi connectivity index (χ0n) is 29.1. The van der Waals surface area contributed by atoms with Gasteiger partial charge in [-0.1, -0.05) is 87.1 Å². The highest BCUT2D eigenvalue weighted by Gasteiger charge is 2.10. The van der Waals surface area contributed by atoms with Gasteiger partial charge < -0.3 is 19.3 Å². The summed E-state index contributed by atoms with van der Waals surface area (Å²) in [5.41, 5.74) is 7.10. The lowest BCUT2D eigenvalue weighted by Crippen LogP contribution is -2.35. The molecule has 0 radical (unpaired) electrons. The maximum atomic E-state index is 11.6. The molecule has 0 atom stereocenters. The lowest BCUT2D eigenvalue weighted by Gasteiger charge is -2.26. The number of rotatable bonds is 9. The molecule has 1 saturated heterocycles. The monoisotopic (exact) mass is 713 g/mol. The van der Waals surface area contributed by atoms with E-state index in [1.165, 1.54) is 5.56 Å². The van der Waals surface area contributed by atoms with Gasteiger partial charge in [0.15, 0.2) is 0 Å². The zero-order valence-corrected chi connectivity index (χ0v) is 29.1. The van der Waals surface area contributed by atoms with Crippen molar-refractivity contribution >= 4 is 24.1 Å². The molecule has 4 aromatic rings. The quantitative estimate of drug-likeness (QED) is 0.138. The van der Waals surface area contributed by atoms with E-state index in [1.807, 2.05) is 54.6 Å². The predicted octanol–water partition coefficient (Wildman–Crippen LogP) is 8.45. The summed E-state index contributed by atoms with van der Waals surface area (Å²) >= 11 is 0. The van der Waals surface area contributed by atoms with Gasteiger partial charge in [0.2, 0.25) is 0 Å². The summed E-state index contributed by atoms with van der Waals surface area (Å²) in [7, 11) is 0. The van der Waals surface area contributed by atoms with Crippen LogP contribution in [0.5, 0.6) is 0 Å². The molecule has 0 unspecified atom stereocenters. The molecule has 0 aliphatic carbocycles. The van der Waals surface area contributed by atoms with E-state index >= 15 is 0 Å². The molecule has 53 heavy (non-hydrogen) atoms. The number of aliphatic hydroxyl groups excluding tert-OH is 1. The Hall–Kier alpha value is -5.70. The number of allylic oxidation sites excluding steroid dienone is 2. The Bertz CT molecular complexity index is 1860. The van der Waals surface area contributed by atoms with Gasteiger partial charge >= 0.3 is 11.9 Å². The van der Waals surface area contributed by atoms with Gasteiger partial charge in [-0.05, 0) is 109 Å². The second-order valence-electron chi connectivity index (χ2n) is 11.3. The minimum atomic E-state index is -0.321. The normalized spacial score (nSPS) is 12.1. The van der Waals surface area contributed by atoms with Crippen molar-refractivity contribution in [3.63, 3.8) is 0 Å². The summed E-state index contributed by atoms with van der Waals surface area (Å²) in [5.74, 6) is 11.4. The number of hydrogen-bond donors (Lipinski definition) is 1. The molecular weight excluding hydrogens is 663 g/mol. The molecule has 1 N–H and O–H groups in total. The van der Waals surface area contributed by atoms with E-state index < -0.39 is 0 Å². The lowest BCUT2D eigenvalue weighted by molar-refractivity contribution is 0.0342. The molecule has 0 aromatic heterocycles. The fourth-order valence-corrected chi connectivity index (χ4v) is 4.82. The van der Waals surface area contributed by atoms with Crippen LogP contribution >= 0.6 is 0 Å². The molecule has 1 fully saturated rings. The fourth-order valence-electron chi connectivity index (χ4n) is 4.82. The van der Waals surface area contributed by atoms with Gasteiger partial charge in [-0.3, -0.25) is 4.90 Å². The highest BCUT2D eigenvalue weighted by atomic mass is 16.5. The van der Waals surface area contributed by atoms with Crippen molar-refractivity contribution < 1.29 is 28.9 Å². The predicted molar refractivity (Wildman–Crippen MR) is 215 cm³/mol. The standard InChI is InChI=1S/C24H25NO3.C20H18O3.2CH4/c1-2-28-24(26)23-13-11-21(12-14-23)6-4-3-5-20-7-9-22(10-8-20)19-25-15-17-27-18-16-25;1-2-23-20(22)19-13-11-17(12-14-19)6-4-3-5-16-7-9-18(15-21)10-8-16;;/h3,5,7-14H,2,15-19H2,1H3;3,5,7-14,21H,2,15H2,1H3;2*1H4/b2*5-3+;;. The van der Waals surface area contributed by atoms with Crippen LogP contribution in [0, 0.1) is 23.7 Å². The van der Waals surface area contributed by atoms with Crippen molar-refractivity contribution in [2.45, 2.75) is 41.9 Å². The van der Waals surface area contributed by atoms with Crippen molar-refractivity contribution in [1.29, 1.82) is 0 Å². The molecule has 0 saturated carbocycles. The van der Waals surface area contributed by atoms with Crippen LogP contribution in [0.15, 0.2) is 109 Å². The van der Waals surface area contributed by atoms with Crippen molar-refractivity contribution in [2.24, 2.45) is 0 Å². The van der Waals surface area contributed by atoms with Crippen LogP contribution in [-0.2, 0) is 27.4 Å². The molecule has 1 aliphatic rings. The largest absolute Gasteiger partial charge is 0.462 e. The van der Waals surface area contributed by atoms with Gasteiger partial charge in [-0.2, -0.15) is 0 Å². The fraction of sp³-hybridized carbons (Fsp3) is 0.261. The third-order valence-corrected chi connectivity index (χ3v) is 7.60. The van der Waals surface area contributed by atoms with Gasteiger partial charge in [0, 0.05) is 30.8 Å². The lowest BCUT2D eigenvalue weighted by atomic mass is 10.1. The number of esters is 2. The third-order valence-electron chi connectivity index (χ3n) is 7.60. The first kappa shape index (κ1) is 43.5. The molecule has 1 aliphatic heterocycles. The number of carbonyl (C=O) groups is 2. The van der Waals surface area contributed by atoms with Crippen LogP contribution in [0.3, 0.4) is 0 Å². The number of aliphatic hydroxyl groups is 1. The molecule has 5 rings (SSSR count). The SMILES string of the molecule is C.C.CCOC(=O)c1ccc(C#C/C=C/c2ccc(CN3CCOCC3)cc2)cc1.CCOC(=O)c1ccc(C#C/C=C/c2ccc(CO)cc2)cc1. The summed E-state index contributed by atoms with van der Waals surface area (Å²) in [6.45, 7) is 8.97. The Labute approximate surface area is 315 Å². The number of carbonyl (C=O) groups excluding carboxylic acids is 2. The summed E-state index contributed by atoms with van der Waals surface area (Å²) < 4.78 is 15.3. The number of benzene rings is 4. The average Bonchev–Trinajstić information content (AvgIpc) is 3.17. The number of nitrogens with zero attached hydrogens (tertiary/aromatic N) is 1. The summed E-state index contributed by atoms with van der Waals surface area (Å²) in [6, 6.07) is 30.3. The Morgan fingerprint density at radius 3 is 1.47 bits per heavy atom. The first-order valence-corrected chi connectivity index (χ1v) is 17.0. The molecule has 0 spiro atoms. The first-order chi connectivity index (χ1) is 25.0. The van der Waals surface area contributed by atoms with E-state index in [-0.39, 0.29) is 33.4 Å². The van der Waals surface area contributed by atoms with Crippen molar-refractivity contribution in [3.8, 4) is 23.7 Å². The van der Waals surface area contributed by atoms with Gasteiger partial charge in [0.05, 0.1) is 44.2 Å². The van der Waals surface area contributed by atoms with Crippen LogP contribution in [0.25, 0.3) is 12.2 Å². The second kappa shape index (κ2) is 24.5. The van der Waals surface area contributed by atoms with Gasteiger partial charge in [-0.15, -0.1) is 0 Å². The van der Waals surface area contributed by atoms with E-state index in [4.69, 9.17) is 19.3 Å². The Morgan fingerprint density at radius 2 is 1.08 bits per heavy atom. The molecular formula is C46H51NO6. The minimum Gasteiger partial charge on any atom is -0.462 e. The third kappa shape index (κ3) is 15.6. The first-order valence-electron chi connectivity index (χ1n) is 17.0. The van der Waals surface area contributed by atoms with E-state index in [9.17, 15) is 9.59 Å². The summed E-state index contributed by atoms with van der Waals surface area (Å²) in [5, 5.41) is 8.98. The summed E-state index contributed by atoms with van der Waals surface area (Å²) in [4.78, 5) is 25.6. The summed E-state index contributed by atoms with van der Waals surface area (Å²) in [6.07, 6.45) is 7.52. The highest BCUT2D eigenvalue weighted by Crippen LogP contribution is 2.11. The van der Waals surface area contributed by atoms with E-state index in [1.54, 1.807) is 56.3 Å². The van der Waals surface area contributed by atoms with Gasteiger partial charge in [-0.25, -0.2) is 9.59 Å². The van der Waals surface area contributed by atoms with Crippen LogP contribution in [0.2, 0.25) is 0 Å². The van der Waals surface area contributed by atoms with Crippen LogP contribution in [0.4, 0.5) is 0 Å². The molecule has 0 amide bonds. The van der Waals surface area contributed by atoms with Crippen LogP contribution in [0.1, 0.15) is 82.8 Å². The van der Waals surface area contributed by atoms with Crippen molar-refractivity contribution in [1.82, 2.24) is 4.90 Å². The van der Waals surface area contributed by atoms with Gasteiger partial charge in [0.1, 0.15) is 0 Å². The Morgan fingerprint density at radius 1 is 0.660 bits per heavy atom. The van der Waals surface area contributed by atoms with E-state index in [0.29, 0.717) is 24.3 Å².